The van der Waals surface area contributed by atoms with Gasteiger partial charge in [-0.25, -0.2) is 4.39 Å². The molecule has 10 heteroatoms. The summed E-state index contributed by atoms with van der Waals surface area (Å²) in [6.45, 7) is 5.95. The van der Waals surface area contributed by atoms with E-state index in [1.807, 2.05) is 37.1 Å². The summed E-state index contributed by atoms with van der Waals surface area (Å²) in [6.07, 6.45) is 3.34. The molecule has 0 aliphatic carbocycles. The lowest BCUT2D eigenvalue weighted by Gasteiger charge is -2.34. The number of aliphatic imine (C=N–C) groups is 2. The van der Waals surface area contributed by atoms with E-state index in [0.717, 1.165) is 5.69 Å². The van der Waals surface area contributed by atoms with Crippen LogP contribution < -0.4 is 10.2 Å². The zero-order valence-electron chi connectivity index (χ0n) is 22.0. The first-order chi connectivity index (χ1) is 18.9. The van der Waals surface area contributed by atoms with E-state index in [1.165, 1.54) is 24.3 Å². The maximum atomic E-state index is 14.7. The number of nitrogens with zero attached hydrogens (tertiary/aromatic N) is 4. The number of aromatic amines is 1. The van der Waals surface area contributed by atoms with E-state index >= 15 is 0 Å². The molecular weight excluding hydrogens is 499 g/mol. The molecule has 3 heterocycles. The molecule has 1 aliphatic heterocycles. The normalized spacial score (nSPS) is 15.0. The van der Waals surface area contributed by atoms with E-state index in [0.29, 0.717) is 45.6 Å². The molecule has 2 aromatic carbocycles. The first-order valence-electron chi connectivity index (χ1n) is 12.5. The second-order valence-electron chi connectivity index (χ2n) is 9.36. The van der Waals surface area contributed by atoms with E-state index in [2.05, 4.69) is 27.0 Å². The Morgan fingerprint density at radius 2 is 2.10 bits per heavy atom. The first-order valence-corrected chi connectivity index (χ1v) is 12.5. The number of H-pyrrole nitrogens is 1. The Hall–Kier alpha value is -4.73. The van der Waals surface area contributed by atoms with Crippen LogP contribution in [0.15, 0.2) is 63.1 Å². The molecule has 4 aromatic rings. The molecule has 0 bridgehead atoms. The van der Waals surface area contributed by atoms with Gasteiger partial charge >= 0.3 is 0 Å². The molecule has 0 saturated carbocycles. The Morgan fingerprint density at radius 1 is 1.28 bits per heavy atom. The van der Waals surface area contributed by atoms with E-state index in [-0.39, 0.29) is 30.5 Å². The highest BCUT2D eigenvalue weighted by atomic mass is 19.1. The molecule has 1 atom stereocenters. The summed E-state index contributed by atoms with van der Waals surface area (Å²) in [5.41, 5.74) is 4.93. The van der Waals surface area contributed by atoms with Crippen LogP contribution in [-0.2, 0) is 24.3 Å². The molecule has 1 aliphatic rings. The van der Waals surface area contributed by atoms with E-state index in [9.17, 15) is 14.0 Å². The van der Waals surface area contributed by atoms with Crippen LogP contribution in [0.1, 0.15) is 34.3 Å². The number of benzene rings is 2. The minimum absolute atomic E-state index is 0.115. The maximum Gasteiger partial charge on any atom is 0.290 e. The summed E-state index contributed by atoms with van der Waals surface area (Å²) in [6, 6.07) is 11.4. The summed E-state index contributed by atoms with van der Waals surface area (Å²) >= 11 is 0. The second-order valence-corrected chi connectivity index (χ2v) is 9.36. The summed E-state index contributed by atoms with van der Waals surface area (Å²) in [4.78, 5) is 41.8. The van der Waals surface area contributed by atoms with Gasteiger partial charge in [0.25, 0.3) is 5.91 Å². The van der Waals surface area contributed by atoms with Gasteiger partial charge in [0.05, 0.1) is 24.2 Å². The second kappa shape index (κ2) is 10.6. The molecule has 5 rings (SSSR count). The van der Waals surface area contributed by atoms with Gasteiger partial charge in [0.2, 0.25) is 5.91 Å². The van der Waals surface area contributed by atoms with Crippen molar-refractivity contribution in [2.45, 2.75) is 32.5 Å². The lowest BCUT2D eigenvalue weighted by Crippen LogP contribution is -2.52. The third-order valence-electron chi connectivity index (χ3n) is 7.06. The van der Waals surface area contributed by atoms with Gasteiger partial charge in [0.15, 0.2) is 5.76 Å². The van der Waals surface area contributed by atoms with Crippen molar-refractivity contribution in [3.8, 4) is 0 Å². The van der Waals surface area contributed by atoms with Crippen molar-refractivity contribution >= 4 is 52.7 Å². The number of anilines is 1. The van der Waals surface area contributed by atoms with Gasteiger partial charge in [-0.15, -0.1) is 0 Å². The maximum absolute atomic E-state index is 14.7. The predicted octanol–water partition coefficient (Wildman–Crippen LogP) is 4.90. The highest BCUT2D eigenvalue weighted by Gasteiger charge is 2.38. The van der Waals surface area contributed by atoms with Crippen molar-refractivity contribution in [2.24, 2.45) is 9.98 Å². The largest absolute Gasteiger partial charge is 0.459 e. The number of nitrogens with one attached hydrogen (secondary N) is 2. The molecule has 2 aromatic heterocycles. The lowest BCUT2D eigenvalue weighted by molar-refractivity contribution is -0.125. The number of halogens is 1. The number of furan rings is 1. The molecule has 0 radical (unpaired) electrons. The summed E-state index contributed by atoms with van der Waals surface area (Å²) < 4.78 is 20.4. The van der Waals surface area contributed by atoms with Crippen LogP contribution >= 0.6 is 0 Å². The standard InChI is InChI=1S/C29H29FN6O3/c1-5-33-21-10-9-18(13-23(21)31-2)35(4)15-17-11-12-39-27(17)29(38)36-16-24-19(14-25(36)28(37)32-3)26-20(30)7-6-8-22(26)34-24/h5-13,25,34H,2,14-16H2,1,3-4H3,(H,32,37)/t25-/m1/s1. The van der Waals surface area contributed by atoms with Crippen LogP contribution in [0.25, 0.3) is 10.9 Å². The van der Waals surface area contributed by atoms with Crippen molar-refractivity contribution in [3.05, 3.63) is 77.1 Å². The Morgan fingerprint density at radius 3 is 2.85 bits per heavy atom. The summed E-state index contributed by atoms with van der Waals surface area (Å²) in [5, 5.41) is 3.10. The van der Waals surface area contributed by atoms with Crippen LogP contribution in [0.2, 0.25) is 0 Å². The number of aromatic nitrogens is 1. The third-order valence-corrected chi connectivity index (χ3v) is 7.06. The first kappa shape index (κ1) is 25.9. The average molecular weight is 529 g/mol. The molecular formula is C29H29FN6O3. The summed E-state index contributed by atoms with van der Waals surface area (Å²) in [5.74, 6) is -0.955. The third kappa shape index (κ3) is 4.69. The molecule has 200 valence electrons. The highest BCUT2D eigenvalue weighted by molar-refractivity contribution is 5.98. The quantitative estimate of drug-likeness (QED) is 0.333. The topological polar surface area (TPSA) is 106 Å². The van der Waals surface area contributed by atoms with E-state index in [4.69, 9.17) is 4.42 Å². The van der Waals surface area contributed by atoms with Gasteiger partial charge in [-0.2, -0.15) is 0 Å². The van der Waals surface area contributed by atoms with Gasteiger partial charge in [-0.1, -0.05) is 6.07 Å². The molecule has 0 fully saturated rings. The number of hydrogen-bond donors (Lipinski definition) is 2. The molecule has 9 nitrogen and oxygen atoms in total. The van der Waals surface area contributed by atoms with Crippen LogP contribution in [0.3, 0.4) is 0 Å². The smallest absolute Gasteiger partial charge is 0.290 e. The van der Waals surface area contributed by atoms with Crippen molar-refractivity contribution in [1.29, 1.82) is 0 Å². The fraction of sp³-hybridized carbons (Fsp3) is 0.241. The van der Waals surface area contributed by atoms with Gasteiger partial charge in [0, 0.05) is 61.1 Å². The fourth-order valence-corrected chi connectivity index (χ4v) is 5.13. The van der Waals surface area contributed by atoms with Crippen molar-refractivity contribution in [1.82, 2.24) is 15.2 Å². The Balaban J connectivity index is 1.44. The number of likely N-dealkylation sites (N-methyl/N-ethyl adjacent to an activating group) is 1. The zero-order valence-corrected chi connectivity index (χ0v) is 22.0. The number of rotatable bonds is 7. The molecule has 39 heavy (non-hydrogen) atoms. The summed E-state index contributed by atoms with van der Waals surface area (Å²) in [7, 11) is 3.42. The SMILES string of the molecule is C=Nc1cc(N(C)Cc2ccoc2C(=O)N2Cc3[nH]c4cccc(F)c4c3C[C@@H]2C(=O)NC)ccc1N=CC. The van der Waals surface area contributed by atoms with Crippen LogP contribution in [0, 0.1) is 5.82 Å². The predicted molar refractivity (Wildman–Crippen MR) is 150 cm³/mol. The fourth-order valence-electron chi connectivity index (χ4n) is 5.13. The monoisotopic (exact) mass is 528 g/mol. The van der Waals surface area contributed by atoms with Gasteiger partial charge < -0.3 is 24.5 Å². The van der Waals surface area contributed by atoms with Crippen LogP contribution in [0.5, 0.6) is 0 Å². The molecule has 2 amide bonds. The minimum Gasteiger partial charge on any atom is -0.459 e. The number of carbonyl (C=O) groups excluding carboxylic acids is 2. The minimum atomic E-state index is -0.822. The number of amides is 2. The van der Waals surface area contributed by atoms with E-state index < -0.39 is 11.9 Å². The van der Waals surface area contributed by atoms with Gasteiger partial charge in [-0.05, 0) is 55.6 Å². The van der Waals surface area contributed by atoms with Crippen LogP contribution in [0.4, 0.5) is 21.5 Å². The molecule has 2 N–H and O–H groups in total. The van der Waals surface area contributed by atoms with Crippen molar-refractivity contribution in [3.63, 3.8) is 0 Å². The zero-order chi connectivity index (χ0) is 27.7. The highest BCUT2D eigenvalue weighted by Crippen LogP contribution is 2.34. The van der Waals surface area contributed by atoms with E-state index in [1.54, 1.807) is 24.4 Å². The molecule has 0 saturated heterocycles. The van der Waals surface area contributed by atoms with Crippen molar-refractivity contribution < 1.29 is 18.4 Å². The molecule has 0 unspecified atom stereocenters. The number of fused-ring (bicyclic) bond motifs is 3. The Labute approximate surface area is 225 Å². The Kier molecular flexibility index (Phi) is 7.02. The number of hydrogen-bond acceptors (Lipinski definition) is 6. The molecule has 0 spiro atoms. The van der Waals surface area contributed by atoms with Crippen LogP contribution in [-0.4, -0.2) is 54.8 Å². The van der Waals surface area contributed by atoms with Crippen molar-refractivity contribution in [2.75, 3.05) is 19.0 Å². The van der Waals surface area contributed by atoms with Gasteiger partial charge in [-0.3, -0.25) is 19.6 Å². The Bertz CT molecular complexity index is 1600. The van der Waals surface area contributed by atoms with Gasteiger partial charge in [0.1, 0.15) is 11.9 Å². The number of carbonyl (C=O) groups is 2. The average Bonchev–Trinajstić information content (AvgIpc) is 3.56. The lowest BCUT2D eigenvalue weighted by atomic mass is 9.95.